The number of aromatic nitrogens is 2. The van der Waals surface area contributed by atoms with Crippen molar-refractivity contribution in [3.8, 4) is 17.2 Å². The predicted octanol–water partition coefficient (Wildman–Crippen LogP) is 5.94. The van der Waals surface area contributed by atoms with Crippen molar-refractivity contribution in [3.05, 3.63) is 72.1 Å². The van der Waals surface area contributed by atoms with Crippen LogP contribution in [0.25, 0.3) is 17.5 Å². The number of thioether (sulfide) groups is 1. The Bertz CT molecular complexity index is 951. The van der Waals surface area contributed by atoms with Gasteiger partial charge in [-0.3, -0.25) is 0 Å². The van der Waals surface area contributed by atoms with Gasteiger partial charge >= 0.3 is 0 Å². The minimum Gasteiger partial charge on any atom is -0.493 e. The molecule has 1 aliphatic heterocycles. The van der Waals surface area contributed by atoms with E-state index in [4.69, 9.17) is 9.15 Å². The molecule has 0 unspecified atom stereocenters. The van der Waals surface area contributed by atoms with E-state index in [0.717, 1.165) is 23.5 Å². The topological polar surface area (TPSA) is 51.4 Å². The summed E-state index contributed by atoms with van der Waals surface area (Å²) in [6.45, 7) is 4.44. The van der Waals surface area contributed by atoms with Crippen LogP contribution in [0, 0.1) is 0 Å². The Labute approximate surface area is 194 Å². The second-order valence-electron chi connectivity index (χ2n) is 7.93. The highest BCUT2D eigenvalue weighted by atomic mass is 32.2. The number of hydrogen-bond donors (Lipinski definition) is 0. The normalized spacial score (nSPS) is 14.4. The number of unbranched alkanes of at least 4 members (excludes halogenated alkanes) is 1. The molecule has 0 saturated carbocycles. The van der Waals surface area contributed by atoms with Crippen molar-refractivity contribution in [2.45, 2.75) is 31.4 Å². The van der Waals surface area contributed by atoms with Gasteiger partial charge in [0.25, 0.3) is 0 Å². The number of benzene rings is 2. The number of ether oxygens (including phenoxy) is 1. The van der Waals surface area contributed by atoms with Crippen LogP contribution in [0.15, 0.2) is 65.1 Å². The van der Waals surface area contributed by atoms with Crippen LogP contribution in [0.5, 0.6) is 5.75 Å². The molecule has 3 aromatic rings. The summed E-state index contributed by atoms with van der Waals surface area (Å²) in [5.41, 5.74) is 2.15. The smallest absolute Gasteiger partial charge is 0.247 e. The van der Waals surface area contributed by atoms with E-state index in [0.29, 0.717) is 24.1 Å². The second-order valence-corrected chi connectivity index (χ2v) is 9.04. The van der Waals surface area contributed by atoms with Gasteiger partial charge in [0.2, 0.25) is 11.8 Å². The molecule has 4 rings (SSSR count). The number of para-hydroxylation sites is 1. The third kappa shape index (κ3) is 7.24. The Morgan fingerprint density at radius 3 is 2.62 bits per heavy atom. The predicted molar refractivity (Wildman–Crippen MR) is 132 cm³/mol. The largest absolute Gasteiger partial charge is 0.493 e. The lowest BCUT2D eigenvalue weighted by Gasteiger charge is -2.12. The first-order chi connectivity index (χ1) is 15.9. The number of rotatable bonds is 12. The van der Waals surface area contributed by atoms with Crippen molar-refractivity contribution >= 4 is 17.8 Å². The summed E-state index contributed by atoms with van der Waals surface area (Å²) < 4.78 is 11.5. The summed E-state index contributed by atoms with van der Waals surface area (Å²) in [5, 5.41) is 8.38. The standard InChI is InChI=1S/C26H31N3O2S/c1-4-10-24(11-5-1)30-19-20-32-21-25-27-28-26(31-25)23-14-12-22(13-15-23)9-3-2-6-16-29-17-7-8-18-29/h1,3-5,9-15H,2,6-8,16-21H2/b9-3+. The molecule has 32 heavy (non-hydrogen) atoms. The lowest BCUT2D eigenvalue weighted by molar-refractivity contribution is 0.335. The van der Waals surface area contributed by atoms with Crippen LogP contribution in [-0.2, 0) is 5.75 Å². The molecule has 0 atom stereocenters. The van der Waals surface area contributed by atoms with Gasteiger partial charge in [-0.2, -0.15) is 0 Å². The van der Waals surface area contributed by atoms with Crippen LogP contribution >= 0.6 is 11.8 Å². The van der Waals surface area contributed by atoms with Crippen LogP contribution in [0.2, 0.25) is 0 Å². The molecule has 0 bridgehead atoms. The molecule has 1 aromatic heterocycles. The van der Waals surface area contributed by atoms with Gasteiger partial charge in [-0.25, -0.2) is 0 Å². The number of likely N-dealkylation sites (tertiary alicyclic amines) is 1. The monoisotopic (exact) mass is 449 g/mol. The minimum atomic E-state index is 0.572. The van der Waals surface area contributed by atoms with Gasteiger partial charge < -0.3 is 14.1 Å². The van der Waals surface area contributed by atoms with Crippen LogP contribution in [0.4, 0.5) is 0 Å². The van der Waals surface area contributed by atoms with Crippen molar-refractivity contribution in [3.63, 3.8) is 0 Å². The van der Waals surface area contributed by atoms with E-state index in [9.17, 15) is 0 Å². The zero-order valence-corrected chi connectivity index (χ0v) is 19.3. The molecule has 1 fully saturated rings. The highest BCUT2D eigenvalue weighted by Gasteiger charge is 2.10. The number of allylic oxidation sites excluding steroid dienone is 1. The Kier molecular flexibility index (Phi) is 8.81. The van der Waals surface area contributed by atoms with Gasteiger partial charge in [0, 0.05) is 11.3 Å². The highest BCUT2D eigenvalue weighted by molar-refractivity contribution is 7.98. The maximum atomic E-state index is 5.83. The van der Waals surface area contributed by atoms with E-state index < -0.39 is 0 Å². The first-order valence-electron chi connectivity index (χ1n) is 11.4. The molecule has 5 nitrogen and oxygen atoms in total. The Balaban J connectivity index is 1.16. The summed E-state index contributed by atoms with van der Waals surface area (Å²) in [6.07, 6.45) is 9.56. The Morgan fingerprint density at radius 2 is 1.81 bits per heavy atom. The van der Waals surface area contributed by atoms with Crippen LogP contribution in [0.3, 0.4) is 0 Å². The fraction of sp³-hybridized carbons (Fsp3) is 0.385. The molecule has 0 radical (unpaired) electrons. The first-order valence-corrected chi connectivity index (χ1v) is 12.6. The minimum absolute atomic E-state index is 0.572. The SMILES string of the molecule is C(=C\c1ccc(-c2nnc(CSCCOc3ccccc3)o2)cc1)/CCCN1CCCC1. The van der Waals surface area contributed by atoms with Crippen molar-refractivity contribution in [2.24, 2.45) is 0 Å². The molecule has 0 spiro atoms. The Morgan fingerprint density at radius 1 is 1.00 bits per heavy atom. The third-order valence-electron chi connectivity index (χ3n) is 5.44. The van der Waals surface area contributed by atoms with E-state index in [1.807, 2.05) is 42.5 Å². The zero-order valence-electron chi connectivity index (χ0n) is 18.5. The van der Waals surface area contributed by atoms with E-state index in [2.05, 4.69) is 39.4 Å². The van der Waals surface area contributed by atoms with E-state index in [-0.39, 0.29) is 0 Å². The fourth-order valence-corrected chi connectivity index (χ4v) is 4.36. The third-order valence-corrected chi connectivity index (χ3v) is 6.35. The lowest BCUT2D eigenvalue weighted by Crippen LogP contribution is -2.19. The average Bonchev–Trinajstić information content (AvgIpc) is 3.52. The molecule has 6 heteroatoms. The highest BCUT2D eigenvalue weighted by Crippen LogP contribution is 2.21. The van der Waals surface area contributed by atoms with Gasteiger partial charge in [0.1, 0.15) is 5.75 Å². The summed E-state index contributed by atoms with van der Waals surface area (Å²) in [5.74, 6) is 3.66. The molecular weight excluding hydrogens is 418 g/mol. The second kappa shape index (κ2) is 12.5. The molecule has 2 aromatic carbocycles. The van der Waals surface area contributed by atoms with Gasteiger partial charge in [0.05, 0.1) is 12.4 Å². The van der Waals surface area contributed by atoms with Crippen molar-refractivity contribution in [2.75, 3.05) is 32.0 Å². The van der Waals surface area contributed by atoms with E-state index >= 15 is 0 Å². The van der Waals surface area contributed by atoms with Crippen molar-refractivity contribution in [1.29, 1.82) is 0 Å². The summed E-state index contributed by atoms with van der Waals surface area (Å²) in [4.78, 5) is 2.57. The van der Waals surface area contributed by atoms with Crippen molar-refractivity contribution < 1.29 is 9.15 Å². The average molecular weight is 450 g/mol. The molecule has 0 aliphatic carbocycles. The molecule has 1 aliphatic rings. The van der Waals surface area contributed by atoms with Gasteiger partial charge in [-0.15, -0.1) is 22.0 Å². The maximum absolute atomic E-state index is 5.83. The molecule has 1 saturated heterocycles. The maximum Gasteiger partial charge on any atom is 0.247 e. The summed E-state index contributed by atoms with van der Waals surface area (Å²) in [6, 6.07) is 18.2. The van der Waals surface area contributed by atoms with Gasteiger partial charge in [0.15, 0.2) is 0 Å². The van der Waals surface area contributed by atoms with Gasteiger partial charge in [-0.1, -0.05) is 42.5 Å². The Hall–Kier alpha value is -2.57. The quantitative estimate of drug-likeness (QED) is 0.319. The summed E-state index contributed by atoms with van der Waals surface area (Å²) in [7, 11) is 0. The van der Waals surface area contributed by atoms with Crippen LogP contribution < -0.4 is 4.74 Å². The van der Waals surface area contributed by atoms with E-state index in [1.54, 1.807) is 11.8 Å². The number of hydrogen-bond acceptors (Lipinski definition) is 6. The molecule has 0 N–H and O–H groups in total. The zero-order chi connectivity index (χ0) is 21.8. The first kappa shape index (κ1) is 22.6. The lowest BCUT2D eigenvalue weighted by atomic mass is 10.1. The molecular formula is C26H31N3O2S. The number of nitrogens with zero attached hydrogens (tertiary/aromatic N) is 3. The van der Waals surface area contributed by atoms with Crippen LogP contribution in [0.1, 0.15) is 37.1 Å². The van der Waals surface area contributed by atoms with Crippen LogP contribution in [-0.4, -0.2) is 47.1 Å². The summed E-state index contributed by atoms with van der Waals surface area (Å²) >= 11 is 1.72. The molecule has 0 amide bonds. The molecule has 168 valence electrons. The molecule has 2 heterocycles. The van der Waals surface area contributed by atoms with E-state index in [1.165, 1.54) is 44.5 Å². The fourth-order valence-electron chi connectivity index (χ4n) is 3.72. The van der Waals surface area contributed by atoms with Gasteiger partial charge in [-0.05, 0) is 75.1 Å². The van der Waals surface area contributed by atoms with Crippen molar-refractivity contribution in [1.82, 2.24) is 15.1 Å².